The van der Waals surface area contributed by atoms with Gasteiger partial charge >= 0.3 is 5.69 Å². The van der Waals surface area contributed by atoms with Gasteiger partial charge < -0.3 is 10.1 Å². The molecule has 0 amide bonds. The van der Waals surface area contributed by atoms with E-state index >= 15 is 0 Å². The third kappa shape index (κ3) is 2.90. The number of rotatable bonds is 5. The lowest BCUT2D eigenvalue weighted by Gasteiger charge is -2.07. The van der Waals surface area contributed by atoms with Crippen LogP contribution in [-0.4, -0.2) is 25.1 Å². The van der Waals surface area contributed by atoms with Crippen molar-refractivity contribution in [3.05, 3.63) is 33.6 Å². The van der Waals surface area contributed by atoms with Gasteiger partial charge in [-0.15, -0.1) is 0 Å². The Kier molecular flexibility index (Phi) is 4.19. The maximum atomic E-state index is 13.1. The van der Waals surface area contributed by atoms with Gasteiger partial charge in [-0.2, -0.15) is 0 Å². The largest absolute Gasteiger partial charge is 0.485 e. The molecule has 0 atom stereocenters. The molecule has 5 nitrogen and oxygen atoms in total. The van der Waals surface area contributed by atoms with Crippen LogP contribution in [0, 0.1) is 22.9 Å². The zero-order chi connectivity index (χ0) is 12.1. The fourth-order valence-electron chi connectivity index (χ4n) is 1.17. The standard InChI is InChI=1S/C10H13FN2O3/c1-7-5-10(16-4-3-12-2)9(13(14)15)6-8(7)11/h5-6,12H,3-4H2,1-2H3. The quantitative estimate of drug-likeness (QED) is 0.472. The van der Waals surface area contributed by atoms with Crippen molar-refractivity contribution in [1.29, 1.82) is 0 Å². The van der Waals surface area contributed by atoms with E-state index in [0.717, 1.165) is 6.07 Å². The number of nitrogens with one attached hydrogen (secondary N) is 1. The predicted molar refractivity (Wildman–Crippen MR) is 57.2 cm³/mol. The lowest BCUT2D eigenvalue weighted by Crippen LogP contribution is -2.16. The van der Waals surface area contributed by atoms with E-state index in [1.807, 2.05) is 0 Å². The average molecular weight is 228 g/mol. The van der Waals surface area contributed by atoms with Crippen molar-refractivity contribution in [3.63, 3.8) is 0 Å². The number of aryl methyl sites for hydroxylation is 1. The Morgan fingerprint density at radius 1 is 1.56 bits per heavy atom. The minimum Gasteiger partial charge on any atom is -0.485 e. The molecule has 16 heavy (non-hydrogen) atoms. The molecule has 0 radical (unpaired) electrons. The molecular weight excluding hydrogens is 215 g/mol. The lowest BCUT2D eigenvalue weighted by atomic mass is 10.2. The first-order chi connectivity index (χ1) is 7.56. The second-order valence-corrected chi connectivity index (χ2v) is 3.28. The van der Waals surface area contributed by atoms with Crippen molar-refractivity contribution in [2.75, 3.05) is 20.2 Å². The van der Waals surface area contributed by atoms with E-state index in [-0.39, 0.29) is 11.4 Å². The average Bonchev–Trinajstić information content (AvgIpc) is 2.23. The molecule has 0 aromatic heterocycles. The summed E-state index contributed by atoms with van der Waals surface area (Å²) >= 11 is 0. The first kappa shape index (κ1) is 12.4. The Morgan fingerprint density at radius 3 is 2.81 bits per heavy atom. The zero-order valence-electron chi connectivity index (χ0n) is 9.12. The molecule has 88 valence electrons. The van der Waals surface area contributed by atoms with Gasteiger partial charge in [-0.05, 0) is 25.6 Å². The first-order valence-electron chi connectivity index (χ1n) is 4.78. The number of nitrogens with zero attached hydrogens (tertiary/aromatic N) is 1. The molecule has 1 N–H and O–H groups in total. The smallest absolute Gasteiger partial charge is 0.313 e. The van der Waals surface area contributed by atoms with Crippen LogP contribution in [0.25, 0.3) is 0 Å². The lowest BCUT2D eigenvalue weighted by molar-refractivity contribution is -0.386. The molecule has 0 spiro atoms. The maximum Gasteiger partial charge on any atom is 0.313 e. The maximum absolute atomic E-state index is 13.1. The minimum atomic E-state index is -0.656. The molecule has 0 bridgehead atoms. The van der Waals surface area contributed by atoms with E-state index < -0.39 is 10.7 Å². The van der Waals surface area contributed by atoms with Gasteiger partial charge in [-0.1, -0.05) is 0 Å². The van der Waals surface area contributed by atoms with E-state index in [1.165, 1.54) is 13.0 Å². The molecule has 0 fully saturated rings. The monoisotopic (exact) mass is 228 g/mol. The van der Waals surface area contributed by atoms with Crippen molar-refractivity contribution < 1.29 is 14.1 Å². The molecule has 0 saturated heterocycles. The molecule has 0 unspecified atom stereocenters. The van der Waals surface area contributed by atoms with E-state index in [2.05, 4.69) is 5.32 Å². The van der Waals surface area contributed by atoms with E-state index in [4.69, 9.17) is 4.74 Å². The third-order valence-electron chi connectivity index (χ3n) is 2.05. The topological polar surface area (TPSA) is 64.4 Å². The van der Waals surface area contributed by atoms with Crippen LogP contribution in [-0.2, 0) is 0 Å². The number of ether oxygens (including phenoxy) is 1. The van der Waals surface area contributed by atoms with Crippen LogP contribution in [0.3, 0.4) is 0 Å². The van der Waals surface area contributed by atoms with Crippen LogP contribution in [0.2, 0.25) is 0 Å². The first-order valence-corrected chi connectivity index (χ1v) is 4.78. The second-order valence-electron chi connectivity index (χ2n) is 3.28. The zero-order valence-corrected chi connectivity index (χ0v) is 9.12. The molecule has 0 aliphatic carbocycles. The number of nitro groups is 1. The van der Waals surface area contributed by atoms with E-state index in [9.17, 15) is 14.5 Å². The second kappa shape index (κ2) is 5.41. The number of hydrogen-bond acceptors (Lipinski definition) is 4. The third-order valence-corrected chi connectivity index (χ3v) is 2.05. The summed E-state index contributed by atoms with van der Waals surface area (Å²) in [6.07, 6.45) is 0. The van der Waals surface area contributed by atoms with Crippen LogP contribution >= 0.6 is 0 Å². The summed E-state index contributed by atoms with van der Waals surface area (Å²) in [6, 6.07) is 2.22. The highest BCUT2D eigenvalue weighted by Crippen LogP contribution is 2.29. The number of halogens is 1. The molecule has 0 heterocycles. The Bertz CT molecular complexity index is 396. The number of likely N-dealkylation sites (N-methyl/N-ethyl adjacent to an activating group) is 1. The van der Waals surface area contributed by atoms with Gasteiger partial charge in [0.25, 0.3) is 0 Å². The molecule has 1 rings (SSSR count). The SMILES string of the molecule is CNCCOc1cc(C)c(F)cc1[N+](=O)[O-]. The molecule has 0 aliphatic rings. The highest BCUT2D eigenvalue weighted by Gasteiger charge is 2.18. The highest BCUT2D eigenvalue weighted by molar-refractivity contribution is 5.48. The predicted octanol–water partition coefficient (Wildman–Crippen LogP) is 1.64. The van der Waals surface area contributed by atoms with Crippen molar-refractivity contribution in [2.45, 2.75) is 6.92 Å². The molecule has 1 aromatic carbocycles. The molecular formula is C10H13FN2O3. The highest BCUT2D eigenvalue weighted by atomic mass is 19.1. The van der Waals surface area contributed by atoms with Crippen LogP contribution in [0.5, 0.6) is 5.75 Å². The summed E-state index contributed by atoms with van der Waals surface area (Å²) in [4.78, 5) is 10.0. The molecule has 0 aliphatic heterocycles. The normalized spacial score (nSPS) is 10.2. The molecule has 0 saturated carbocycles. The van der Waals surface area contributed by atoms with Gasteiger partial charge in [-0.25, -0.2) is 4.39 Å². The summed E-state index contributed by atoms with van der Waals surface area (Å²) in [5.74, 6) is -0.508. The summed E-state index contributed by atoms with van der Waals surface area (Å²) in [5.41, 5.74) is -0.0238. The van der Waals surface area contributed by atoms with Gasteiger partial charge in [0.2, 0.25) is 0 Å². The van der Waals surface area contributed by atoms with E-state index in [0.29, 0.717) is 18.7 Å². The van der Waals surface area contributed by atoms with Crippen LogP contribution in [0.15, 0.2) is 12.1 Å². The summed E-state index contributed by atoms with van der Waals surface area (Å²) in [7, 11) is 1.74. The number of nitro benzene ring substituents is 1. The number of benzene rings is 1. The Morgan fingerprint density at radius 2 is 2.25 bits per heavy atom. The van der Waals surface area contributed by atoms with Gasteiger partial charge in [0.1, 0.15) is 12.4 Å². The van der Waals surface area contributed by atoms with Gasteiger partial charge in [-0.3, -0.25) is 10.1 Å². The van der Waals surface area contributed by atoms with E-state index in [1.54, 1.807) is 7.05 Å². The molecule has 6 heteroatoms. The fourth-order valence-corrected chi connectivity index (χ4v) is 1.17. The summed E-state index contributed by atoms with van der Waals surface area (Å²) in [5, 5.41) is 13.5. The minimum absolute atomic E-state index is 0.0964. The van der Waals surface area contributed by atoms with Gasteiger partial charge in [0, 0.05) is 6.54 Å². The number of hydrogen-bond donors (Lipinski definition) is 1. The Labute approximate surface area is 92.4 Å². The van der Waals surface area contributed by atoms with Crippen molar-refractivity contribution in [1.82, 2.24) is 5.32 Å². The van der Waals surface area contributed by atoms with Gasteiger partial charge in [0.15, 0.2) is 5.75 Å². The Balaban J connectivity index is 2.95. The fraction of sp³-hybridized carbons (Fsp3) is 0.400. The van der Waals surface area contributed by atoms with Crippen LogP contribution in [0.4, 0.5) is 10.1 Å². The van der Waals surface area contributed by atoms with Crippen LogP contribution < -0.4 is 10.1 Å². The Hall–Kier alpha value is -1.69. The summed E-state index contributed by atoms with van der Waals surface area (Å²) < 4.78 is 18.3. The van der Waals surface area contributed by atoms with Crippen molar-refractivity contribution in [3.8, 4) is 5.75 Å². The van der Waals surface area contributed by atoms with Crippen molar-refractivity contribution >= 4 is 5.69 Å². The molecule has 1 aromatic rings. The van der Waals surface area contributed by atoms with Crippen molar-refractivity contribution in [2.24, 2.45) is 0 Å². The summed E-state index contributed by atoms with van der Waals surface area (Å²) in [6.45, 7) is 2.39. The van der Waals surface area contributed by atoms with Crippen LogP contribution in [0.1, 0.15) is 5.56 Å². The van der Waals surface area contributed by atoms with Gasteiger partial charge in [0.05, 0.1) is 11.0 Å².